The lowest BCUT2D eigenvalue weighted by Crippen LogP contribution is -1.94. The molecule has 0 unspecified atom stereocenters. The van der Waals surface area contributed by atoms with Crippen LogP contribution < -0.4 is 0 Å². The third-order valence-corrected chi connectivity index (χ3v) is 6.56. The van der Waals surface area contributed by atoms with Crippen LogP contribution in [0.1, 0.15) is 12.5 Å². The van der Waals surface area contributed by atoms with Crippen molar-refractivity contribution in [2.24, 2.45) is 0 Å². The van der Waals surface area contributed by atoms with E-state index in [0.717, 1.165) is 6.42 Å². The number of hydrogen-bond acceptors (Lipinski definition) is 0. The van der Waals surface area contributed by atoms with Gasteiger partial charge in [-0.2, -0.15) is 0 Å². The molecule has 0 saturated heterocycles. The van der Waals surface area contributed by atoms with Crippen LogP contribution in [0.25, 0.3) is 49.7 Å². The molecule has 0 atom stereocenters. The van der Waals surface area contributed by atoms with E-state index in [4.69, 9.17) is 0 Å². The van der Waals surface area contributed by atoms with Gasteiger partial charge in [-0.3, -0.25) is 0 Å². The predicted octanol–water partition coefficient (Wildman–Crippen LogP) is 8.68. The lowest BCUT2D eigenvalue weighted by Gasteiger charge is -2.11. The summed E-state index contributed by atoms with van der Waals surface area (Å²) < 4.78 is 2.41. The van der Waals surface area contributed by atoms with Crippen LogP contribution >= 0.6 is 0 Å². The normalized spacial score (nSPS) is 11.3. The van der Waals surface area contributed by atoms with Gasteiger partial charge >= 0.3 is 0 Å². The van der Waals surface area contributed by atoms with Gasteiger partial charge in [-0.25, -0.2) is 0 Å². The first-order chi connectivity index (χ1) is 16.3. The lowest BCUT2D eigenvalue weighted by molar-refractivity contribution is 1.14. The largest absolute Gasteiger partial charge is 0.309 e. The average Bonchev–Trinajstić information content (AvgIpc) is 3.22. The summed E-state index contributed by atoms with van der Waals surface area (Å²) in [4.78, 5) is 0. The number of aryl methyl sites for hydroxylation is 1. The quantitative estimate of drug-likeness (QED) is 0.267. The molecule has 5 aromatic carbocycles. The van der Waals surface area contributed by atoms with Crippen molar-refractivity contribution in [1.29, 1.82) is 0 Å². The molecule has 0 bridgehead atoms. The molecular weight excluding hydrogens is 398 g/mol. The molecule has 33 heavy (non-hydrogen) atoms. The number of rotatable bonds is 4. The molecule has 0 saturated carbocycles. The first kappa shape index (κ1) is 19.6. The summed E-state index contributed by atoms with van der Waals surface area (Å²) in [6.45, 7) is 2.22. The van der Waals surface area contributed by atoms with Gasteiger partial charge in [0.05, 0.1) is 11.0 Å². The van der Waals surface area contributed by atoms with Gasteiger partial charge in [0, 0.05) is 16.5 Å². The average molecular weight is 424 g/mol. The standard InChI is InChI=1S/C32H25N/c1-2-23-16-18-31-29(20-23)30-22-27(25-12-7-4-8-13-25)17-19-32(30)33(31)28-15-9-14-26(21-28)24-10-5-3-6-11-24/h3-22H,2H2,1H3. The molecule has 6 rings (SSSR count). The molecule has 0 amide bonds. The highest BCUT2D eigenvalue weighted by molar-refractivity contribution is 6.10. The van der Waals surface area contributed by atoms with E-state index in [1.54, 1.807) is 0 Å². The van der Waals surface area contributed by atoms with Crippen molar-refractivity contribution in [2.45, 2.75) is 13.3 Å². The van der Waals surface area contributed by atoms with E-state index >= 15 is 0 Å². The fraction of sp³-hybridized carbons (Fsp3) is 0.0625. The molecule has 0 aliphatic heterocycles. The van der Waals surface area contributed by atoms with E-state index in [1.807, 2.05) is 0 Å². The van der Waals surface area contributed by atoms with Crippen LogP contribution in [0.3, 0.4) is 0 Å². The zero-order valence-corrected chi connectivity index (χ0v) is 18.7. The fourth-order valence-corrected chi connectivity index (χ4v) is 4.83. The Balaban J connectivity index is 1.62. The molecule has 0 N–H and O–H groups in total. The molecule has 1 aromatic heterocycles. The monoisotopic (exact) mass is 423 g/mol. The van der Waals surface area contributed by atoms with Crippen LogP contribution in [0.5, 0.6) is 0 Å². The van der Waals surface area contributed by atoms with Gasteiger partial charge in [-0.05, 0) is 70.6 Å². The van der Waals surface area contributed by atoms with Crippen molar-refractivity contribution in [3.8, 4) is 27.9 Å². The summed E-state index contributed by atoms with van der Waals surface area (Å²) in [5.74, 6) is 0. The van der Waals surface area contributed by atoms with Gasteiger partial charge in [-0.15, -0.1) is 0 Å². The second kappa shape index (κ2) is 8.11. The van der Waals surface area contributed by atoms with Gasteiger partial charge < -0.3 is 4.57 Å². The van der Waals surface area contributed by atoms with E-state index in [9.17, 15) is 0 Å². The summed E-state index contributed by atoms with van der Waals surface area (Å²) in [7, 11) is 0. The van der Waals surface area contributed by atoms with Gasteiger partial charge in [0.1, 0.15) is 0 Å². The van der Waals surface area contributed by atoms with Crippen LogP contribution in [0.4, 0.5) is 0 Å². The van der Waals surface area contributed by atoms with Crippen molar-refractivity contribution in [2.75, 3.05) is 0 Å². The van der Waals surface area contributed by atoms with Crippen molar-refractivity contribution >= 4 is 21.8 Å². The molecule has 0 spiro atoms. The van der Waals surface area contributed by atoms with Crippen LogP contribution in [-0.4, -0.2) is 4.57 Å². The molecule has 0 fully saturated rings. The molecule has 0 radical (unpaired) electrons. The smallest absolute Gasteiger partial charge is 0.0541 e. The number of aromatic nitrogens is 1. The summed E-state index contributed by atoms with van der Waals surface area (Å²) in [6, 6.07) is 43.9. The highest BCUT2D eigenvalue weighted by atomic mass is 15.0. The third-order valence-electron chi connectivity index (χ3n) is 6.56. The van der Waals surface area contributed by atoms with E-state index < -0.39 is 0 Å². The molecule has 0 aliphatic rings. The van der Waals surface area contributed by atoms with Gasteiger partial charge in [0.25, 0.3) is 0 Å². The van der Waals surface area contributed by atoms with Crippen molar-refractivity contribution in [3.05, 3.63) is 127 Å². The van der Waals surface area contributed by atoms with Crippen molar-refractivity contribution in [3.63, 3.8) is 0 Å². The third kappa shape index (κ3) is 3.43. The van der Waals surface area contributed by atoms with E-state index in [-0.39, 0.29) is 0 Å². The van der Waals surface area contributed by atoms with Gasteiger partial charge in [-0.1, -0.05) is 91.9 Å². The number of nitrogens with zero attached hydrogens (tertiary/aromatic N) is 1. The number of hydrogen-bond donors (Lipinski definition) is 0. The molecule has 0 aliphatic carbocycles. The minimum Gasteiger partial charge on any atom is -0.309 e. The van der Waals surface area contributed by atoms with Gasteiger partial charge in [0.15, 0.2) is 0 Å². The Kier molecular flexibility index (Phi) is 4.81. The number of benzene rings is 5. The summed E-state index contributed by atoms with van der Waals surface area (Å²) in [6.07, 6.45) is 1.03. The van der Waals surface area contributed by atoms with E-state index in [1.165, 1.54) is 55.3 Å². The van der Waals surface area contributed by atoms with Gasteiger partial charge in [0.2, 0.25) is 0 Å². The Bertz CT molecular complexity index is 1570. The van der Waals surface area contributed by atoms with Crippen LogP contribution in [-0.2, 0) is 6.42 Å². The van der Waals surface area contributed by atoms with Crippen molar-refractivity contribution < 1.29 is 0 Å². The highest BCUT2D eigenvalue weighted by Crippen LogP contribution is 2.36. The maximum Gasteiger partial charge on any atom is 0.0541 e. The molecule has 1 nitrogen and oxygen atoms in total. The second-order valence-electron chi connectivity index (χ2n) is 8.55. The Hall–Kier alpha value is -4.10. The molecule has 1 heterocycles. The Labute approximate surface area is 194 Å². The van der Waals surface area contributed by atoms with Crippen LogP contribution in [0.15, 0.2) is 121 Å². The Morgan fingerprint density at radius 1 is 0.485 bits per heavy atom. The first-order valence-corrected chi connectivity index (χ1v) is 11.6. The lowest BCUT2D eigenvalue weighted by atomic mass is 10.0. The maximum absolute atomic E-state index is 2.41. The predicted molar refractivity (Wildman–Crippen MR) is 141 cm³/mol. The minimum absolute atomic E-state index is 1.03. The zero-order valence-electron chi connectivity index (χ0n) is 18.7. The summed E-state index contributed by atoms with van der Waals surface area (Å²) in [5, 5.41) is 2.61. The highest BCUT2D eigenvalue weighted by Gasteiger charge is 2.14. The second-order valence-corrected chi connectivity index (χ2v) is 8.55. The van der Waals surface area contributed by atoms with E-state index in [2.05, 4.69) is 133 Å². The molecule has 158 valence electrons. The molecule has 6 aromatic rings. The first-order valence-electron chi connectivity index (χ1n) is 11.6. The minimum atomic E-state index is 1.03. The van der Waals surface area contributed by atoms with E-state index in [0.29, 0.717) is 0 Å². The topological polar surface area (TPSA) is 4.93 Å². The summed E-state index contributed by atoms with van der Waals surface area (Å²) in [5.41, 5.74) is 10.0. The SMILES string of the molecule is CCc1ccc2c(c1)c1cc(-c3ccccc3)ccc1n2-c1cccc(-c2ccccc2)c1. The van der Waals surface area contributed by atoms with Crippen molar-refractivity contribution in [1.82, 2.24) is 4.57 Å². The Morgan fingerprint density at radius 2 is 1.06 bits per heavy atom. The fourth-order valence-electron chi connectivity index (χ4n) is 4.83. The summed E-state index contributed by atoms with van der Waals surface area (Å²) >= 11 is 0. The maximum atomic E-state index is 2.41. The number of fused-ring (bicyclic) bond motifs is 3. The molecular formula is C32H25N. The zero-order chi connectivity index (χ0) is 22.2. The Morgan fingerprint density at radius 3 is 1.73 bits per heavy atom. The molecule has 1 heteroatoms. The van der Waals surface area contributed by atoms with Crippen LogP contribution in [0, 0.1) is 0 Å². The van der Waals surface area contributed by atoms with Crippen LogP contribution in [0.2, 0.25) is 0 Å².